The molecule has 2 N–H and O–H groups in total. The minimum Gasteiger partial charge on any atom is -0.482 e. The number of rotatable bonds is 7. The minimum atomic E-state index is -1.05. The lowest BCUT2D eigenvalue weighted by atomic mass is 10.0. The molecule has 0 spiro atoms. The van der Waals surface area contributed by atoms with Gasteiger partial charge in [-0.1, -0.05) is 26.0 Å². The summed E-state index contributed by atoms with van der Waals surface area (Å²) in [5.74, 6) is -0.914. The van der Waals surface area contributed by atoms with Gasteiger partial charge < -0.3 is 20.1 Å². The predicted molar refractivity (Wildman–Crippen MR) is 87.9 cm³/mol. The number of hydrogen-bond donors (Lipinski definition) is 2. The fourth-order valence-corrected chi connectivity index (χ4v) is 2.57. The molecule has 24 heavy (non-hydrogen) atoms. The van der Waals surface area contributed by atoms with Gasteiger partial charge in [0.1, 0.15) is 11.8 Å². The van der Waals surface area contributed by atoms with Crippen LogP contribution in [0.5, 0.6) is 5.75 Å². The largest absolute Gasteiger partial charge is 0.482 e. The van der Waals surface area contributed by atoms with Crippen molar-refractivity contribution in [3.8, 4) is 5.75 Å². The quantitative estimate of drug-likeness (QED) is 0.786. The van der Waals surface area contributed by atoms with E-state index in [-0.39, 0.29) is 37.3 Å². The zero-order valence-corrected chi connectivity index (χ0v) is 13.8. The summed E-state index contributed by atoms with van der Waals surface area (Å²) in [4.78, 5) is 36.8. The van der Waals surface area contributed by atoms with Gasteiger partial charge in [0, 0.05) is 13.0 Å². The van der Waals surface area contributed by atoms with Crippen LogP contribution in [0.3, 0.4) is 0 Å². The molecule has 1 atom stereocenters. The maximum Gasteiger partial charge on any atom is 0.326 e. The normalized spacial score (nSPS) is 14.8. The van der Waals surface area contributed by atoms with Crippen molar-refractivity contribution < 1.29 is 24.2 Å². The van der Waals surface area contributed by atoms with Crippen LogP contribution in [0.15, 0.2) is 24.3 Å². The number of ether oxygens (including phenoxy) is 1. The number of nitrogens with one attached hydrogen (secondary N) is 1. The second kappa shape index (κ2) is 7.81. The molecule has 1 aliphatic heterocycles. The molecule has 1 unspecified atom stereocenters. The van der Waals surface area contributed by atoms with Gasteiger partial charge in [-0.25, -0.2) is 4.79 Å². The molecule has 2 rings (SSSR count). The lowest BCUT2D eigenvalue weighted by molar-refractivity contribution is -0.142. The van der Waals surface area contributed by atoms with Gasteiger partial charge in [0.05, 0.1) is 5.69 Å². The highest BCUT2D eigenvalue weighted by Gasteiger charge is 2.26. The lowest BCUT2D eigenvalue weighted by Crippen LogP contribution is -2.44. The number of aliphatic carboxylic acids is 1. The zero-order valence-electron chi connectivity index (χ0n) is 13.8. The monoisotopic (exact) mass is 334 g/mol. The smallest absolute Gasteiger partial charge is 0.326 e. The molecule has 1 aromatic carbocycles. The predicted octanol–water partition coefficient (Wildman–Crippen LogP) is 1.42. The molecule has 7 heteroatoms. The first-order valence-electron chi connectivity index (χ1n) is 7.93. The van der Waals surface area contributed by atoms with Crippen molar-refractivity contribution in [2.24, 2.45) is 5.92 Å². The molecule has 0 radical (unpaired) electrons. The van der Waals surface area contributed by atoms with E-state index in [1.165, 1.54) is 4.90 Å². The number of anilines is 1. The van der Waals surface area contributed by atoms with Gasteiger partial charge in [-0.3, -0.25) is 9.59 Å². The lowest BCUT2D eigenvalue weighted by Gasteiger charge is -2.29. The van der Waals surface area contributed by atoms with E-state index in [1.807, 2.05) is 19.9 Å². The minimum absolute atomic E-state index is 0.0297. The molecule has 130 valence electrons. The van der Waals surface area contributed by atoms with E-state index >= 15 is 0 Å². The third-order valence-corrected chi connectivity index (χ3v) is 3.71. The standard InChI is InChI=1S/C17H22N2O5/c1-11(2)9-12(17(22)23)18-15(20)7-8-19-13-5-3-4-6-14(13)24-10-16(19)21/h3-6,11-12H,7-10H2,1-2H3,(H,18,20)(H,22,23). The van der Waals surface area contributed by atoms with Gasteiger partial charge in [0.2, 0.25) is 5.91 Å². The van der Waals surface area contributed by atoms with E-state index in [1.54, 1.807) is 18.2 Å². The molecule has 0 saturated carbocycles. The van der Waals surface area contributed by atoms with Gasteiger partial charge in [0.25, 0.3) is 5.91 Å². The summed E-state index contributed by atoms with van der Waals surface area (Å²) >= 11 is 0. The number of amides is 2. The van der Waals surface area contributed by atoms with Crippen molar-refractivity contribution in [2.75, 3.05) is 18.1 Å². The van der Waals surface area contributed by atoms with Crippen LogP contribution in [0.2, 0.25) is 0 Å². The summed E-state index contributed by atoms with van der Waals surface area (Å²) < 4.78 is 5.34. The van der Waals surface area contributed by atoms with Crippen LogP contribution in [0, 0.1) is 5.92 Å². The molecule has 1 heterocycles. The van der Waals surface area contributed by atoms with Crippen LogP contribution in [0.4, 0.5) is 5.69 Å². The number of carboxylic acid groups (broad SMARTS) is 1. The first-order chi connectivity index (χ1) is 11.4. The maximum atomic E-state index is 12.1. The summed E-state index contributed by atoms with van der Waals surface area (Å²) in [6.07, 6.45) is 0.391. The number of para-hydroxylation sites is 2. The van der Waals surface area contributed by atoms with Gasteiger partial charge >= 0.3 is 5.97 Å². The van der Waals surface area contributed by atoms with E-state index in [0.29, 0.717) is 17.9 Å². The molecule has 0 fully saturated rings. The van der Waals surface area contributed by atoms with Crippen molar-refractivity contribution in [2.45, 2.75) is 32.7 Å². The van der Waals surface area contributed by atoms with Crippen LogP contribution in [0.25, 0.3) is 0 Å². The number of carbonyl (C=O) groups excluding carboxylic acids is 2. The number of fused-ring (bicyclic) bond motifs is 1. The molecular formula is C17H22N2O5. The fourth-order valence-electron chi connectivity index (χ4n) is 2.57. The van der Waals surface area contributed by atoms with Crippen molar-refractivity contribution >= 4 is 23.5 Å². The second-order valence-electron chi connectivity index (χ2n) is 6.14. The molecule has 0 aromatic heterocycles. The Balaban J connectivity index is 1.96. The zero-order chi connectivity index (χ0) is 17.7. The summed E-state index contributed by atoms with van der Waals surface area (Å²) in [6, 6.07) is 6.20. The van der Waals surface area contributed by atoms with Crippen LogP contribution in [-0.4, -0.2) is 42.1 Å². The third-order valence-electron chi connectivity index (χ3n) is 3.71. The number of carboxylic acids is 1. The molecule has 7 nitrogen and oxygen atoms in total. The van der Waals surface area contributed by atoms with Gasteiger partial charge in [-0.2, -0.15) is 0 Å². The fraction of sp³-hybridized carbons (Fsp3) is 0.471. The number of hydrogen-bond acceptors (Lipinski definition) is 4. The summed E-state index contributed by atoms with van der Waals surface area (Å²) in [5, 5.41) is 11.7. The Hall–Kier alpha value is -2.57. The Morgan fingerprint density at radius 3 is 2.71 bits per heavy atom. The second-order valence-corrected chi connectivity index (χ2v) is 6.14. The van der Waals surface area contributed by atoms with E-state index in [2.05, 4.69) is 5.32 Å². The highest BCUT2D eigenvalue weighted by molar-refractivity contribution is 5.98. The average Bonchev–Trinajstić information content (AvgIpc) is 2.52. The number of carbonyl (C=O) groups is 3. The molecule has 1 aliphatic rings. The first-order valence-corrected chi connectivity index (χ1v) is 7.93. The maximum absolute atomic E-state index is 12.1. The van der Waals surface area contributed by atoms with Crippen molar-refractivity contribution in [1.82, 2.24) is 5.32 Å². The van der Waals surface area contributed by atoms with Crippen molar-refractivity contribution in [3.63, 3.8) is 0 Å². The molecular weight excluding hydrogens is 312 g/mol. The Bertz CT molecular complexity index is 629. The highest BCUT2D eigenvalue weighted by atomic mass is 16.5. The van der Waals surface area contributed by atoms with E-state index in [4.69, 9.17) is 9.84 Å². The van der Waals surface area contributed by atoms with E-state index in [9.17, 15) is 14.4 Å². The van der Waals surface area contributed by atoms with Crippen molar-refractivity contribution in [3.05, 3.63) is 24.3 Å². The summed E-state index contributed by atoms with van der Waals surface area (Å²) in [6.45, 7) is 3.90. The SMILES string of the molecule is CC(C)CC(NC(=O)CCN1C(=O)COc2ccccc21)C(=O)O. The molecule has 0 saturated heterocycles. The first kappa shape index (κ1) is 17.8. The molecule has 0 aliphatic carbocycles. The molecule has 1 aromatic rings. The third kappa shape index (κ3) is 4.47. The van der Waals surface area contributed by atoms with E-state index < -0.39 is 12.0 Å². The Morgan fingerprint density at radius 2 is 2.04 bits per heavy atom. The van der Waals surface area contributed by atoms with E-state index in [0.717, 1.165) is 0 Å². The van der Waals surface area contributed by atoms with Crippen LogP contribution in [0.1, 0.15) is 26.7 Å². The number of nitrogens with zero attached hydrogens (tertiary/aromatic N) is 1. The van der Waals surface area contributed by atoms with Crippen LogP contribution < -0.4 is 15.0 Å². The van der Waals surface area contributed by atoms with Gasteiger partial charge in [0.15, 0.2) is 6.61 Å². The molecule has 2 amide bonds. The molecule has 0 bridgehead atoms. The van der Waals surface area contributed by atoms with Crippen LogP contribution >= 0.6 is 0 Å². The van der Waals surface area contributed by atoms with Crippen LogP contribution in [-0.2, 0) is 14.4 Å². The number of benzene rings is 1. The van der Waals surface area contributed by atoms with Gasteiger partial charge in [-0.05, 0) is 24.5 Å². The summed E-state index contributed by atoms with van der Waals surface area (Å²) in [7, 11) is 0. The summed E-state index contributed by atoms with van der Waals surface area (Å²) in [5.41, 5.74) is 0.624. The highest BCUT2D eigenvalue weighted by Crippen LogP contribution is 2.31. The average molecular weight is 334 g/mol. The van der Waals surface area contributed by atoms with Crippen molar-refractivity contribution in [1.29, 1.82) is 0 Å². The Kier molecular flexibility index (Phi) is 5.78. The Labute approximate surface area is 140 Å². The van der Waals surface area contributed by atoms with Gasteiger partial charge in [-0.15, -0.1) is 0 Å². The Morgan fingerprint density at radius 1 is 1.33 bits per heavy atom. The topological polar surface area (TPSA) is 95.9 Å².